The van der Waals surface area contributed by atoms with Crippen molar-refractivity contribution < 1.29 is 22.0 Å². The molecule has 1 aromatic heterocycles. The fraction of sp³-hybridized carbons (Fsp3) is 0.167. The fourth-order valence-electron chi connectivity index (χ4n) is 1.73. The van der Waals surface area contributed by atoms with Gasteiger partial charge in [-0.25, -0.2) is 13.5 Å². The van der Waals surface area contributed by atoms with Crippen molar-refractivity contribution in [1.29, 1.82) is 0 Å². The second-order valence-electron chi connectivity index (χ2n) is 4.42. The molecule has 2 N–H and O–H groups in total. The van der Waals surface area contributed by atoms with Crippen molar-refractivity contribution in [3.63, 3.8) is 0 Å². The summed E-state index contributed by atoms with van der Waals surface area (Å²) in [7, 11) is -3.02. The third-order valence-electron chi connectivity index (χ3n) is 2.65. The summed E-state index contributed by atoms with van der Waals surface area (Å²) in [6.45, 7) is 0. The van der Waals surface area contributed by atoms with E-state index >= 15 is 0 Å². The van der Waals surface area contributed by atoms with E-state index in [1.165, 1.54) is 25.2 Å². The normalized spacial score (nSPS) is 11.5. The summed E-state index contributed by atoms with van der Waals surface area (Å²) in [5, 5.41) is 3.54. The molecule has 0 radical (unpaired) electrons. The molecular weight excluding hydrogens is 354 g/mol. The predicted molar refractivity (Wildman–Crippen MR) is 79.6 cm³/mol. The lowest BCUT2D eigenvalue weighted by Crippen LogP contribution is -2.35. The van der Waals surface area contributed by atoms with Gasteiger partial charge in [0.1, 0.15) is 5.69 Å². The van der Waals surface area contributed by atoms with E-state index in [1.807, 2.05) is 4.72 Å². The first-order valence-electron chi connectivity index (χ1n) is 6.10. The van der Waals surface area contributed by atoms with Crippen molar-refractivity contribution in [1.82, 2.24) is 14.5 Å². The molecule has 0 fully saturated rings. The lowest BCUT2D eigenvalue weighted by molar-refractivity contribution is 0.0966. The number of anilines is 1. The van der Waals surface area contributed by atoms with Crippen molar-refractivity contribution in [2.75, 3.05) is 4.72 Å². The second kappa shape index (κ2) is 6.50. The minimum Gasteiger partial charge on any atom is -0.275 e. The number of para-hydroxylation sites is 1. The number of benzene rings is 1. The van der Waals surface area contributed by atoms with E-state index < -0.39 is 33.8 Å². The Labute approximate surface area is 135 Å². The van der Waals surface area contributed by atoms with E-state index in [9.17, 15) is 22.0 Å². The van der Waals surface area contributed by atoms with Crippen LogP contribution in [0.25, 0.3) is 0 Å². The largest absolute Gasteiger partial charge is 0.324 e. The minimum absolute atomic E-state index is 0.0368. The molecule has 124 valence electrons. The molecule has 7 nitrogen and oxygen atoms in total. The van der Waals surface area contributed by atoms with Crippen LogP contribution in [0.15, 0.2) is 30.5 Å². The number of nitrogens with one attached hydrogen (secondary N) is 2. The summed E-state index contributed by atoms with van der Waals surface area (Å²) in [5.74, 6) is -1.23. The second-order valence-corrected chi connectivity index (χ2v) is 6.24. The van der Waals surface area contributed by atoms with Gasteiger partial charge in [0.2, 0.25) is 0 Å². The molecule has 0 aliphatic heterocycles. The van der Waals surface area contributed by atoms with E-state index in [0.717, 1.165) is 10.9 Å². The fourth-order valence-corrected chi connectivity index (χ4v) is 2.84. The molecule has 0 atom stereocenters. The highest BCUT2D eigenvalue weighted by atomic mass is 35.5. The average molecular weight is 365 g/mol. The Kier molecular flexibility index (Phi) is 4.85. The third-order valence-corrected chi connectivity index (χ3v) is 3.93. The van der Waals surface area contributed by atoms with Crippen LogP contribution in [0.2, 0.25) is 5.02 Å². The van der Waals surface area contributed by atoms with Crippen LogP contribution in [0.3, 0.4) is 0 Å². The zero-order valence-corrected chi connectivity index (χ0v) is 13.2. The molecule has 1 aromatic carbocycles. The van der Waals surface area contributed by atoms with Crippen LogP contribution in [0.5, 0.6) is 0 Å². The number of hydrogen-bond donors (Lipinski definition) is 2. The van der Waals surface area contributed by atoms with Crippen LogP contribution in [0.4, 0.5) is 14.5 Å². The lowest BCUT2D eigenvalue weighted by atomic mass is 10.2. The lowest BCUT2D eigenvalue weighted by Gasteiger charge is -2.10. The number of aromatic nitrogens is 2. The molecule has 0 aliphatic carbocycles. The van der Waals surface area contributed by atoms with Crippen LogP contribution in [0.1, 0.15) is 22.5 Å². The first kappa shape index (κ1) is 17.2. The van der Waals surface area contributed by atoms with E-state index in [2.05, 4.69) is 5.10 Å². The van der Waals surface area contributed by atoms with Crippen molar-refractivity contribution >= 4 is 33.4 Å². The molecule has 23 heavy (non-hydrogen) atoms. The van der Waals surface area contributed by atoms with Crippen molar-refractivity contribution in [2.45, 2.75) is 6.43 Å². The molecule has 1 amide bonds. The average Bonchev–Trinajstić information content (AvgIpc) is 2.83. The topological polar surface area (TPSA) is 93.1 Å². The van der Waals surface area contributed by atoms with Crippen LogP contribution in [0, 0.1) is 0 Å². The van der Waals surface area contributed by atoms with Crippen molar-refractivity contribution in [2.24, 2.45) is 7.05 Å². The molecule has 0 spiro atoms. The molecule has 11 heteroatoms. The highest BCUT2D eigenvalue weighted by molar-refractivity contribution is 7.91. The van der Waals surface area contributed by atoms with Gasteiger partial charge in [0.15, 0.2) is 0 Å². The monoisotopic (exact) mass is 364 g/mol. The summed E-state index contributed by atoms with van der Waals surface area (Å²) in [4.78, 5) is 11.9. The first-order valence-corrected chi connectivity index (χ1v) is 7.97. The predicted octanol–water partition coefficient (Wildman–Crippen LogP) is 2.10. The Bertz CT molecular complexity index is 839. The van der Waals surface area contributed by atoms with Crippen molar-refractivity contribution in [3.8, 4) is 0 Å². The van der Waals surface area contributed by atoms with Gasteiger partial charge in [-0.3, -0.25) is 14.2 Å². The summed E-state index contributed by atoms with van der Waals surface area (Å²) < 4.78 is 54.1. The number of hydrogen-bond acceptors (Lipinski definition) is 4. The quantitative estimate of drug-likeness (QED) is 0.849. The van der Waals surface area contributed by atoms with Gasteiger partial charge in [-0.1, -0.05) is 23.7 Å². The Morgan fingerprint density at radius 2 is 2.00 bits per heavy atom. The Morgan fingerprint density at radius 1 is 1.35 bits per heavy atom. The maximum absolute atomic E-state index is 12.8. The van der Waals surface area contributed by atoms with Crippen LogP contribution >= 0.6 is 11.6 Å². The molecule has 0 saturated carbocycles. The number of carbonyl (C=O) groups is 1. The standard InChI is InChI=1S/C12H11ClF2N4O3S/c1-19-6-7(10(16-19)11(14)15)12(20)18-23(21,22)17-9-5-3-2-4-8(9)13/h2-6,11,17H,1H3,(H,18,20). The minimum atomic E-state index is -4.35. The Hall–Kier alpha value is -2.20. The molecule has 2 aromatic rings. The number of rotatable bonds is 5. The summed E-state index contributed by atoms with van der Waals surface area (Å²) in [5.41, 5.74) is -1.31. The molecule has 2 rings (SSSR count). The molecule has 0 unspecified atom stereocenters. The van der Waals surface area contributed by atoms with Gasteiger partial charge in [0.05, 0.1) is 16.3 Å². The Balaban J connectivity index is 2.21. The summed E-state index contributed by atoms with van der Waals surface area (Å²) >= 11 is 5.80. The maximum Gasteiger partial charge on any atom is 0.324 e. The van der Waals surface area contributed by atoms with Crippen molar-refractivity contribution in [3.05, 3.63) is 46.7 Å². The van der Waals surface area contributed by atoms with Gasteiger partial charge < -0.3 is 0 Å². The molecule has 0 saturated heterocycles. The first-order chi connectivity index (χ1) is 10.7. The number of amides is 1. The zero-order chi connectivity index (χ0) is 17.2. The molecule has 0 aliphatic rings. The van der Waals surface area contributed by atoms with Gasteiger partial charge in [0.25, 0.3) is 12.3 Å². The number of halogens is 3. The summed E-state index contributed by atoms with van der Waals surface area (Å²) in [6.07, 6.45) is -2.02. The smallest absolute Gasteiger partial charge is 0.275 e. The number of alkyl halides is 2. The number of aryl methyl sites for hydroxylation is 1. The Morgan fingerprint density at radius 3 is 2.61 bits per heavy atom. The van der Waals surface area contributed by atoms with E-state index in [1.54, 1.807) is 10.8 Å². The van der Waals surface area contributed by atoms with Gasteiger partial charge in [0, 0.05) is 13.2 Å². The zero-order valence-electron chi connectivity index (χ0n) is 11.6. The van der Waals surface area contributed by atoms with E-state index in [4.69, 9.17) is 11.6 Å². The highest BCUT2D eigenvalue weighted by Gasteiger charge is 2.25. The van der Waals surface area contributed by atoms with Gasteiger partial charge >= 0.3 is 10.2 Å². The third kappa shape index (κ3) is 4.17. The number of carbonyl (C=O) groups excluding carboxylic acids is 1. The molecule has 0 bridgehead atoms. The van der Waals surface area contributed by atoms with Gasteiger partial charge in [-0.15, -0.1) is 0 Å². The number of nitrogens with zero attached hydrogens (tertiary/aromatic N) is 2. The van der Waals surface area contributed by atoms with Crippen LogP contribution in [-0.2, 0) is 17.3 Å². The SMILES string of the molecule is Cn1cc(C(=O)NS(=O)(=O)Nc2ccccc2Cl)c(C(F)F)n1. The van der Waals surface area contributed by atoms with E-state index in [0.29, 0.717) is 0 Å². The van der Waals surface area contributed by atoms with Gasteiger partial charge in [-0.05, 0) is 12.1 Å². The molecule has 1 heterocycles. The van der Waals surface area contributed by atoms with Gasteiger partial charge in [-0.2, -0.15) is 13.5 Å². The molecular formula is C12H11ClF2N4O3S. The van der Waals surface area contributed by atoms with Crippen LogP contribution < -0.4 is 9.44 Å². The highest BCUT2D eigenvalue weighted by Crippen LogP contribution is 2.22. The van der Waals surface area contributed by atoms with Crippen LogP contribution in [-0.4, -0.2) is 24.1 Å². The summed E-state index contributed by atoms with van der Waals surface area (Å²) in [6, 6.07) is 5.93. The maximum atomic E-state index is 12.8. The van der Waals surface area contributed by atoms with E-state index in [-0.39, 0.29) is 10.7 Å².